The molecule has 0 aliphatic carbocycles. The lowest BCUT2D eigenvalue weighted by Gasteiger charge is -2.13. The van der Waals surface area contributed by atoms with Gasteiger partial charge in [-0.25, -0.2) is 0 Å². The summed E-state index contributed by atoms with van der Waals surface area (Å²) in [5.74, 6) is 0.535. The van der Waals surface area contributed by atoms with Crippen molar-refractivity contribution in [3.63, 3.8) is 0 Å². The number of amides is 1. The summed E-state index contributed by atoms with van der Waals surface area (Å²) in [5.41, 5.74) is 2.02. The molecule has 1 heterocycles. The Morgan fingerprint density at radius 1 is 1.15 bits per heavy atom. The van der Waals surface area contributed by atoms with Gasteiger partial charge in [0.1, 0.15) is 12.4 Å². The lowest BCUT2D eigenvalue weighted by atomic mass is 10.1. The van der Waals surface area contributed by atoms with E-state index in [0.717, 1.165) is 10.4 Å². The average molecular weight is 362 g/mol. The maximum atomic E-state index is 12.3. The molecule has 0 spiro atoms. The van der Waals surface area contributed by atoms with Crippen molar-refractivity contribution >= 4 is 17.2 Å². The van der Waals surface area contributed by atoms with Gasteiger partial charge in [-0.2, -0.15) is 5.26 Å². The number of thiophene rings is 1. The third-order valence-electron chi connectivity index (χ3n) is 3.97. The Bertz CT molecular complexity index is 912. The molecule has 0 unspecified atom stereocenters. The zero-order chi connectivity index (χ0) is 18.4. The maximum absolute atomic E-state index is 12.3. The van der Waals surface area contributed by atoms with E-state index >= 15 is 0 Å². The van der Waals surface area contributed by atoms with Gasteiger partial charge in [0.25, 0.3) is 5.91 Å². The first-order chi connectivity index (χ1) is 12.7. The lowest BCUT2D eigenvalue weighted by Crippen LogP contribution is -2.25. The molecule has 4 nitrogen and oxygen atoms in total. The zero-order valence-corrected chi connectivity index (χ0v) is 15.1. The first-order valence-corrected chi connectivity index (χ1v) is 9.10. The molecule has 0 saturated carbocycles. The molecule has 0 aliphatic rings. The molecule has 1 amide bonds. The number of hydrogen-bond donors (Lipinski definition) is 1. The number of nitriles is 1. The van der Waals surface area contributed by atoms with Crippen LogP contribution in [0.4, 0.5) is 0 Å². The fourth-order valence-corrected chi connectivity index (χ4v) is 3.24. The number of rotatable bonds is 6. The summed E-state index contributed by atoms with van der Waals surface area (Å²) < 4.78 is 5.73. The van der Waals surface area contributed by atoms with Gasteiger partial charge in [-0.1, -0.05) is 24.3 Å². The molecule has 0 radical (unpaired) electrons. The summed E-state index contributed by atoms with van der Waals surface area (Å²) in [6, 6.07) is 20.4. The Hall–Kier alpha value is -3.10. The van der Waals surface area contributed by atoms with Crippen LogP contribution in [0, 0.1) is 11.3 Å². The third kappa shape index (κ3) is 4.29. The Labute approximate surface area is 156 Å². The van der Waals surface area contributed by atoms with Gasteiger partial charge in [0.2, 0.25) is 0 Å². The number of benzene rings is 2. The number of hydrogen-bond acceptors (Lipinski definition) is 4. The van der Waals surface area contributed by atoms with Crippen LogP contribution >= 0.6 is 11.3 Å². The summed E-state index contributed by atoms with van der Waals surface area (Å²) in [5, 5.41) is 14.1. The van der Waals surface area contributed by atoms with E-state index in [2.05, 4.69) is 11.4 Å². The molecule has 5 heteroatoms. The van der Waals surface area contributed by atoms with Crippen molar-refractivity contribution in [2.45, 2.75) is 19.6 Å². The minimum absolute atomic E-state index is 0.0269. The molecule has 0 fully saturated rings. The molecule has 0 bridgehead atoms. The molecule has 130 valence electrons. The Morgan fingerprint density at radius 2 is 1.92 bits per heavy atom. The number of nitrogens with zero attached hydrogens (tertiary/aromatic N) is 1. The van der Waals surface area contributed by atoms with E-state index in [1.165, 1.54) is 0 Å². The highest BCUT2D eigenvalue weighted by Gasteiger charge is 2.12. The van der Waals surface area contributed by atoms with Crippen LogP contribution in [-0.2, 0) is 6.61 Å². The number of carbonyl (C=O) groups excluding carboxylic acids is 1. The molecule has 1 atom stereocenters. The van der Waals surface area contributed by atoms with Gasteiger partial charge in [-0.3, -0.25) is 4.79 Å². The zero-order valence-electron chi connectivity index (χ0n) is 14.3. The molecule has 1 aromatic heterocycles. The van der Waals surface area contributed by atoms with Gasteiger partial charge in [-0.05, 0) is 48.7 Å². The van der Waals surface area contributed by atoms with Crippen LogP contribution in [-0.4, -0.2) is 5.91 Å². The topological polar surface area (TPSA) is 62.1 Å². The van der Waals surface area contributed by atoms with Gasteiger partial charge in [-0.15, -0.1) is 11.3 Å². The van der Waals surface area contributed by atoms with E-state index in [1.807, 2.05) is 42.6 Å². The smallest absolute Gasteiger partial charge is 0.251 e. The molecule has 0 aliphatic heterocycles. The minimum Gasteiger partial charge on any atom is -0.489 e. The second-order valence-electron chi connectivity index (χ2n) is 5.79. The van der Waals surface area contributed by atoms with Crippen LogP contribution in [0.15, 0.2) is 66.0 Å². The first-order valence-electron chi connectivity index (χ1n) is 8.22. The van der Waals surface area contributed by atoms with Crippen molar-refractivity contribution in [2.24, 2.45) is 0 Å². The van der Waals surface area contributed by atoms with Crippen molar-refractivity contribution in [3.05, 3.63) is 87.6 Å². The number of nitrogens with one attached hydrogen (secondary N) is 1. The Morgan fingerprint density at radius 3 is 2.62 bits per heavy atom. The second kappa shape index (κ2) is 8.32. The highest BCUT2D eigenvalue weighted by molar-refractivity contribution is 7.10. The van der Waals surface area contributed by atoms with Gasteiger partial charge < -0.3 is 10.1 Å². The SMILES string of the molecule is C[C@H](NC(=O)c1ccc(OCc2ccccc2C#N)cc1)c1cccs1. The van der Waals surface area contributed by atoms with Gasteiger partial charge in [0.15, 0.2) is 0 Å². The van der Waals surface area contributed by atoms with Crippen molar-refractivity contribution in [3.8, 4) is 11.8 Å². The maximum Gasteiger partial charge on any atom is 0.251 e. The normalized spacial score (nSPS) is 11.4. The van der Waals surface area contributed by atoms with Crippen LogP contribution in [0.3, 0.4) is 0 Å². The standard InChI is InChI=1S/C21H18N2O2S/c1-15(20-7-4-12-26-20)23-21(24)16-8-10-19(11-9-16)25-14-18-6-3-2-5-17(18)13-22/h2-12,15H,14H2,1H3,(H,23,24)/t15-/m0/s1. The summed E-state index contributed by atoms with van der Waals surface area (Å²) in [6.45, 7) is 2.28. The van der Waals surface area contributed by atoms with Crippen LogP contribution < -0.4 is 10.1 Å². The number of carbonyl (C=O) groups is 1. The highest BCUT2D eigenvalue weighted by atomic mass is 32.1. The van der Waals surface area contributed by atoms with E-state index < -0.39 is 0 Å². The molecule has 0 saturated heterocycles. The van der Waals surface area contributed by atoms with Crippen molar-refractivity contribution in [1.29, 1.82) is 5.26 Å². The summed E-state index contributed by atoms with van der Waals surface area (Å²) in [7, 11) is 0. The van der Waals surface area contributed by atoms with Gasteiger partial charge in [0.05, 0.1) is 17.7 Å². The quantitative estimate of drug-likeness (QED) is 0.692. The van der Waals surface area contributed by atoms with E-state index in [9.17, 15) is 4.79 Å². The highest BCUT2D eigenvalue weighted by Crippen LogP contribution is 2.20. The molecular formula is C21H18N2O2S. The number of ether oxygens (including phenoxy) is 1. The fourth-order valence-electron chi connectivity index (χ4n) is 2.51. The summed E-state index contributed by atoms with van der Waals surface area (Å²) in [4.78, 5) is 13.5. The van der Waals surface area contributed by atoms with Crippen LogP contribution in [0.2, 0.25) is 0 Å². The molecule has 2 aromatic carbocycles. The second-order valence-corrected chi connectivity index (χ2v) is 6.77. The average Bonchev–Trinajstić information content (AvgIpc) is 3.22. The lowest BCUT2D eigenvalue weighted by molar-refractivity contribution is 0.0940. The minimum atomic E-state index is -0.118. The van der Waals surface area contributed by atoms with Gasteiger partial charge in [0, 0.05) is 16.0 Å². The predicted molar refractivity (Wildman–Crippen MR) is 102 cm³/mol. The fraction of sp³-hybridized carbons (Fsp3) is 0.143. The van der Waals surface area contributed by atoms with E-state index in [-0.39, 0.29) is 11.9 Å². The molecule has 3 aromatic rings. The Kier molecular flexibility index (Phi) is 5.67. The first kappa shape index (κ1) is 17.7. The van der Waals surface area contributed by atoms with E-state index in [4.69, 9.17) is 10.00 Å². The molecule has 3 rings (SSSR count). The van der Waals surface area contributed by atoms with E-state index in [1.54, 1.807) is 41.7 Å². The largest absolute Gasteiger partial charge is 0.489 e. The molecule has 26 heavy (non-hydrogen) atoms. The summed E-state index contributed by atoms with van der Waals surface area (Å²) >= 11 is 1.62. The van der Waals surface area contributed by atoms with E-state index in [0.29, 0.717) is 23.5 Å². The Balaban J connectivity index is 1.59. The van der Waals surface area contributed by atoms with Crippen LogP contribution in [0.5, 0.6) is 5.75 Å². The van der Waals surface area contributed by atoms with Crippen LogP contribution in [0.25, 0.3) is 0 Å². The monoisotopic (exact) mass is 362 g/mol. The van der Waals surface area contributed by atoms with Crippen molar-refractivity contribution < 1.29 is 9.53 Å². The molecular weight excluding hydrogens is 344 g/mol. The van der Waals surface area contributed by atoms with Crippen LogP contribution in [0.1, 0.15) is 39.3 Å². The summed E-state index contributed by atoms with van der Waals surface area (Å²) in [6.07, 6.45) is 0. The molecule has 1 N–H and O–H groups in total. The van der Waals surface area contributed by atoms with Crippen molar-refractivity contribution in [1.82, 2.24) is 5.32 Å². The third-order valence-corrected chi connectivity index (χ3v) is 5.02. The van der Waals surface area contributed by atoms with Crippen molar-refractivity contribution in [2.75, 3.05) is 0 Å². The predicted octanol–water partition coefficient (Wildman–Crippen LogP) is 4.69. The van der Waals surface area contributed by atoms with Gasteiger partial charge >= 0.3 is 0 Å².